The second-order valence-electron chi connectivity index (χ2n) is 3.70. The molecular weight excluding hydrogens is 190 g/mol. The number of methoxy groups -OCH3 is 1. The number of aliphatic hydroxyl groups excluding tert-OH is 1. The van der Waals surface area contributed by atoms with E-state index in [-0.39, 0.29) is 6.61 Å². The molecule has 0 heterocycles. The van der Waals surface area contributed by atoms with Crippen molar-refractivity contribution in [3.8, 4) is 0 Å². The molecule has 0 spiro atoms. The van der Waals surface area contributed by atoms with E-state index in [1.165, 1.54) is 19.3 Å². The molecule has 0 aliphatic rings. The van der Waals surface area contributed by atoms with Crippen LogP contribution in [0.3, 0.4) is 0 Å². The maximum atomic E-state index is 8.88. The first-order valence-electron chi connectivity index (χ1n) is 5.78. The molecule has 0 aliphatic heterocycles. The Morgan fingerprint density at radius 2 is 2.00 bits per heavy atom. The van der Waals surface area contributed by atoms with Crippen LogP contribution in [0.2, 0.25) is 0 Å². The third-order valence-electron chi connectivity index (χ3n) is 2.41. The predicted molar refractivity (Wildman–Crippen MR) is 64.1 cm³/mol. The summed E-state index contributed by atoms with van der Waals surface area (Å²) in [5.41, 5.74) is 0. The number of rotatable bonds is 11. The highest BCUT2D eigenvalue weighted by Crippen LogP contribution is 2.02. The van der Waals surface area contributed by atoms with E-state index in [1.807, 2.05) is 6.08 Å². The van der Waals surface area contributed by atoms with Gasteiger partial charge in [0.25, 0.3) is 0 Å². The first-order chi connectivity index (χ1) is 7.35. The van der Waals surface area contributed by atoms with Crippen LogP contribution >= 0.6 is 0 Å². The van der Waals surface area contributed by atoms with Gasteiger partial charge in [0.05, 0.1) is 13.2 Å². The molecule has 0 saturated heterocycles. The van der Waals surface area contributed by atoms with Crippen molar-refractivity contribution in [2.75, 3.05) is 40.0 Å². The minimum absolute atomic E-state index is 0.233. The molecule has 0 aromatic heterocycles. The van der Waals surface area contributed by atoms with Crippen molar-refractivity contribution in [3.05, 3.63) is 12.7 Å². The molecule has 0 radical (unpaired) electrons. The van der Waals surface area contributed by atoms with Gasteiger partial charge in [0.1, 0.15) is 0 Å². The highest BCUT2D eigenvalue weighted by molar-refractivity contribution is 4.66. The van der Waals surface area contributed by atoms with Crippen LogP contribution in [0.1, 0.15) is 25.7 Å². The molecule has 0 aliphatic carbocycles. The summed E-state index contributed by atoms with van der Waals surface area (Å²) in [5.74, 6) is 0. The Bertz CT molecular complexity index is 140. The highest BCUT2D eigenvalue weighted by atomic mass is 16.5. The number of nitrogens with zero attached hydrogens (tertiary/aromatic N) is 1. The van der Waals surface area contributed by atoms with Gasteiger partial charge in [0.15, 0.2) is 0 Å². The van der Waals surface area contributed by atoms with Crippen molar-refractivity contribution in [1.29, 1.82) is 0 Å². The standard InChI is InChI=1S/C12H25NO2/c1-3-4-5-6-7-8-13(9-11-14)10-12-15-2/h3,14H,1,4-12H2,2H3. The zero-order valence-corrected chi connectivity index (χ0v) is 9.95. The van der Waals surface area contributed by atoms with Gasteiger partial charge in [0, 0.05) is 20.2 Å². The van der Waals surface area contributed by atoms with Gasteiger partial charge in [-0.25, -0.2) is 0 Å². The third kappa shape index (κ3) is 9.91. The summed E-state index contributed by atoms with van der Waals surface area (Å²) < 4.78 is 5.03. The first kappa shape index (κ1) is 14.6. The Hall–Kier alpha value is -0.380. The summed E-state index contributed by atoms with van der Waals surface area (Å²) in [6.45, 7) is 7.41. The van der Waals surface area contributed by atoms with Gasteiger partial charge in [-0.05, 0) is 25.8 Å². The van der Waals surface area contributed by atoms with Crippen LogP contribution in [-0.4, -0.2) is 50.0 Å². The van der Waals surface area contributed by atoms with Crippen molar-refractivity contribution < 1.29 is 9.84 Å². The summed E-state index contributed by atoms with van der Waals surface area (Å²) >= 11 is 0. The van der Waals surface area contributed by atoms with Crippen molar-refractivity contribution >= 4 is 0 Å². The Kier molecular flexibility index (Phi) is 11.4. The van der Waals surface area contributed by atoms with Gasteiger partial charge < -0.3 is 9.84 Å². The van der Waals surface area contributed by atoms with Crippen molar-refractivity contribution in [3.63, 3.8) is 0 Å². The van der Waals surface area contributed by atoms with Crippen LogP contribution in [0, 0.1) is 0 Å². The van der Waals surface area contributed by atoms with E-state index in [0.29, 0.717) is 0 Å². The monoisotopic (exact) mass is 215 g/mol. The van der Waals surface area contributed by atoms with E-state index in [0.717, 1.165) is 32.7 Å². The zero-order chi connectivity index (χ0) is 11.4. The summed E-state index contributed by atoms with van der Waals surface area (Å²) in [6.07, 6.45) is 6.73. The first-order valence-corrected chi connectivity index (χ1v) is 5.78. The molecule has 15 heavy (non-hydrogen) atoms. The van der Waals surface area contributed by atoms with Crippen LogP contribution in [0.5, 0.6) is 0 Å². The largest absolute Gasteiger partial charge is 0.395 e. The highest BCUT2D eigenvalue weighted by Gasteiger charge is 2.02. The quantitative estimate of drug-likeness (QED) is 0.420. The molecule has 90 valence electrons. The van der Waals surface area contributed by atoms with Crippen LogP contribution in [0.15, 0.2) is 12.7 Å². The summed E-state index contributed by atoms with van der Waals surface area (Å²) in [7, 11) is 1.71. The van der Waals surface area contributed by atoms with Crippen LogP contribution < -0.4 is 0 Å². The van der Waals surface area contributed by atoms with Gasteiger partial charge in [0.2, 0.25) is 0 Å². The summed E-state index contributed by atoms with van der Waals surface area (Å²) in [4.78, 5) is 2.25. The van der Waals surface area contributed by atoms with Crippen LogP contribution in [-0.2, 0) is 4.74 Å². The van der Waals surface area contributed by atoms with E-state index < -0.39 is 0 Å². The molecule has 0 rings (SSSR count). The van der Waals surface area contributed by atoms with Gasteiger partial charge in [-0.2, -0.15) is 0 Å². The number of unbranched alkanes of at least 4 members (excludes halogenated alkanes) is 3. The lowest BCUT2D eigenvalue weighted by Crippen LogP contribution is -2.31. The topological polar surface area (TPSA) is 32.7 Å². The molecule has 0 amide bonds. The van der Waals surface area contributed by atoms with Gasteiger partial charge in [-0.15, -0.1) is 6.58 Å². The molecule has 0 atom stereocenters. The van der Waals surface area contributed by atoms with Gasteiger partial charge >= 0.3 is 0 Å². The van der Waals surface area contributed by atoms with E-state index in [4.69, 9.17) is 9.84 Å². The molecule has 3 heteroatoms. The van der Waals surface area contributed by atoms with Crippen molar-refractivity contribution in [1.82, 2.24) is 4.90 Å². The average Bonchev–Trinajstić information content (AvgIpc) is 2.25. The minimum atomic E-state index is 0.233. The molecule has 3 nitrogen and oxygen atoms in total. The Balaban J connectivity index is 3.42. The number of hydrogen-bond donors (Lipinski definition) is 1. The fourth-order valence-corrected chi connectivity index (χ4v) is 1.50. The Morgan fingerprint density at radius 1 is 1.20 bits per heavy atom. The minimum Gasteiger partial charge on any atom is -0.395 e. The summed E-state index contributed by atoms with van der Waals surface area (Å²) in [6, 6.07) is 0. The van der Waals surface area contributed by atoms with Crippen molar-refractivity contribution in [2.24, 2.45) is 0 Å². The smallest absolute Gasteiger partial charge is 0.0589 e. The molecule has 0 saturated carbocycles. The fraction of sp³-hybridized carbons (Fsp3) is 0.833. The Labute approximate surface area is 93.7 Å². The van der Waals surface area contributed by atoms with E-state index in [9.17, 15) is 0 Å². The second kappa shape index (κ2) is 11.7. The van der Waals surface area contributed by atoms with Gasteiger partial charge in [-0.3, -0.25) is 4.90 Å². The lowest BCUT2D eigenvalue weighted by atomic mass is 10.2. The number of hydrogen-bond acceptors (Lipinski definition) is 3. The molecule has 0 aromatic rings. The van der Waals surface area contributed by atoms with Gasteiger partial charge in [-0.1, -0.05) is 12.5 Å². The normalized spacial score (nSPS) is 10.9. The zero-order valence-electron chi connectivity index (χ0n) is 9.95. The summed E-state index contributed by atoms with van der Waals surface area (Å²) in [5, 5.41) is 8.88. The van der Waals surface area contributed by atoms with Crippen LogP contribution in [0.4, 0.5) is 0 Å². The SMILES string of the molecule is C=CCCCCCN(CCO)CCOC. The number of ether oxygens (including phenoxy) is 1. The molecule has 0 bridgehead atoms. The maximum Gasteiger partial charge on any atom is 0.0589 e. The molecule has 0 aromatic carbocycles. The van der Waals surface area contributed by atoms with E-state index in [2.05, 4.69) is 11.5 Å². The lowest BCUT2D eigenvalue weighted by Gasteiger charge is -2.20. The fourth-order valence-electron chi connectivity index (χ4n) is 1.50. The third-order valence-corrected chi connectivity index (χ3v) is 2.41. The lowest BCUT2D eigenvalue weighted by molar-refractivity contribution is 0.129. The average molecular weight is 215 g/mol. The molecule has 0 unspecified atom stereocenters. The van der Waals surface area contributed by atoms with Crippen molar-refractivity contribution in [2.45, 2.75) is 25.7 Å². The Morgan fingerprint density at radius 3 is 2.60 bits per heavy atom. The number of allylic oxidation sites excluding steroid dienone is 1. The number of aliphatic hydroxyl groups is 1. The van der Waals surface area contributed by atoms with Crippen LogP contribution in [0.25, 0.3) is 0 Å². The maximum absolute atomic E-state index is 8.88. The van der Waals surface area contributed by atoms with E-state index in [1.54, 1.807) is 7.11 Å². The molecular formula is C12H25NO2. The van der Waals surface area contributed by atoms with E-state index >= 15 is 0 Å². The second-order valence-corrected chi connectivity index (χ2v) is 3.70. The molecule has 1 N–H and O–H groups in total. The predicted octanol–water partition coefficient (Wildman–Crippen LogP) is 1.67. The molecule has 0 fully saturated rings.